The van der Waals surface area contributed by atoms with Crippen LogP contribution in [0.2, 0.25) is 0 Å². The monoisotopic (exact) mass is 248 g/mol. The van der Waals surface area contributed by atoms with Crippen molar-refractivity contribution in [3.8, 4) is 6.07 Å². The number of carbonyl (C=O) groups excluding carboxylic acids is 1. The third-order valence-corrected chi connectivity index (χ3v) is 3.28. The molecular weight excluding hydrogens is 236 g/mol. The van der Waals surface area contributed by atoms with E-state index in [-0.39, 0.29) is 11.7 Å². The number of rotatable bonds is 4. The minimum Gasteiger partial charge on any atom is -0.397 e. The lowest BCUT2D eigenvalue weighted by Gasteiger charge is -2.04. The van der Waals surface area contributed by atoms with E-state index in [1.807, 2.05) is 6.07 Å². The molecule has 1 aromatic rings. The van der Waals surface area contributed by atoms with Crippen LogP contribution < -0.4 is 11.1 Å². The summed E-state index contributed by atoms with van der Waals surface area (Å²) in [7, 11) is 0. The zero-order valence-corrected chi connectivity index (χ0v) is 9.96. The van der Waals surface area contributed by atoms with Gasteiger partial charge in [0, 0.05) is 6.04 Å². The third kappa shape index (κ3) is 3.36. The van der Waals surface area contributed by atoms with Gasteiger partial charge < -0.3 is 11.1 Å². The topological polar surface area (TPSA) is 91.8 Å². The summed E-state index contributed by atoms with van der Waals surface area (Å²) in [5.74, 6) is 0.266. The summed E-state index contributed by atoms with van der Waals surface area (Å²) in [6.45, 7) is 0. The van der Waals surface area contributed by atoms with Gasteiger partial charge in [-0.1, -0.05) is 11.8 Å². The molecule has 0 aromatic carbocycles. The Bertz CT molecular complexity index is 479. The normalized spacial score (nSPS) is 14.1. The van der Waals surface area contributed by atoms with Crippen molar-refractivity contribution in [3.63, 3.8) is 0 Å². The quantitative estimate of drug-likeness (QED) is 0.772. The predicted octanol–water partition coefficient (Wildman–Crippen LogP) is 0.906. The van der Waals surface area contributed by atoms with E-state index in [0.29, 0.717) is 22.3 Å². The number of amides is 1. The van der Waals surface area contributed by atoms with Crippen LogP contribution >= 0.6 is 11.8 Å². The molecule has 0 aliphatic heterocycles. The molecule has 6 heteroatoms. The van der Waals surface area contributed by atoms with Crippen LogP contribution in [0.5, 0.6) is 0 Å². The molecule has 1 aliphatic carbocycles. The molecule has 0 radical (unpaired) electrons. The number of nitrogens with two attached hydrogens (primary N) is 1. The molecule has 0 unspecified atom stereocenters. The number of nitrogen functional groups attached to an aromatic ring is 1. The molecule has 1 aromatic heterocycles. The van der Waals surface area contributed by atoms with Gasteiger partial charge in [-0.3, -0.25) is 4.79 Å². The number of carbonyl (C=O) groups is 1. The summed E-state index contributed by atoms with van der Waals surface area (Å²) in [4.78, 5) is 15.5. The van der Waals surface area contributed by atoms with Gasteiger partial charge in [-0.15, -0.1) is 0 Å². The maximum absolute atomic E-state index is 11.5. The van der Waals surface area contributed by atoms with E-state index in [0.717, 1.165) is 12.8 Å². The molecule has 88 valence electrons. The first-order chi connectivity index (χ1) is 8.19. The van der Waals surface area contributed by atoms with Crippen LogP contribution in [0, 0.1) is 11.3 Å². The Hall–Kier alpha value is -1.74. The van der Waals surface area contributed by atoms with E-state index in [1.165, 1.54) is 18.0 Å². The Balaban J connectivity index is 1.93. The highest BCUT2D eigenvalue weighted by atomic mass is 32.2. The standard InChI is InChI=1S/C11H12N4OS/c12-4-7-3-8(13)5-14-11(7)17-6-10(16)15-9-1-2-9/h3,5,9H,1-2,6,13H2,(H,15,16). The Morgan fingerprint density at radius 2 is 2.47 bits per heavy atom. The summed E-state index contributed by atoms with van der Waals surface area (Å²) < 4.78 is 0. The largest absolute Gasteiger partial charge is 0.397 e. The van der Waals surface area contributed by atoms with Crippen LogP contribution in [0.25, 0.3) is 0 Å². The molecule has 1 heterocycles. The average Bonchev–Trinajstić information content (AvgIpc) is 3.11. The van der Waals surface area contributed by atoms with Crippen molar-refractivity contribution in [2.24, 2.45) is 0 Å². The van der Waals surface area contributed by atoms with Gasteiger partial charge in [0.1, 0.15) is 11.1 Å². The van der Waals surface area contributed by atoms with Crippen LogP contribution in [0.3, 0.4) is 0 Å². The van der Waals surface area contributed by atoms with Crippen LogP contribution in [-0.2, 0) is 4.79 Å². The van der Waals surface area contributed by atoms with Crippen molar-refractivity contribution in [2.75, 3.05) is 11.5 Å². The smallest absolute Gasteiger partial charge is 0.230 e. The molecular formula is C11H12N4OS. The molecule has 0 spiro atoms. The highest BCUT2D eigenvalue weighted by Gasteiger charge is 2.23. The number of anilines is 1. The number of thioether (sulfide) groups is 1. The summed E-state index contributed by atoms with van der Waals surface area (Å²) in [5, 5.41) is 12.3. The second-order valence-corrected chi connectivity index (χ2v) is 4.83. The van der Waals surface area contributed by atoms with Crippen molar-refractivity contribution in [1.82, 2.24) is 10.3 Å². The number of nitrogens with one attached hydrogen (secondary N) is 1. The predicted molar refractivity (Wildman–Crippen MR) is 65.3 cm³/mol. The first-order valence-corrected chi connectivity index (χ1v) is 6.25. The second-order valence-electron chi connectivity index (χ2n) is 3.86. The summed E-state index contributed by atoms with van der Waals surface area (Å²) in [6.07, 6.45) is 3.63. The maximum Gasteiger partial charge on any atom is 0.230 e. The summed E-state index contributed by atoms with van der Waals surface area (Å²) in [5.41, 5.74) is 6.39. The number of nitrogens with zero attached hydrogens (tertiary/aromatic N) is 2. The maximum atomic E-state index is 11.5. The van der Waals surface area contributed by atoms with Crippen molar-refractivity contribution in [3.05, 3.63) is 17.8 Å². The Labute approximate surface area is 103 Å². The van der Waals surface area contributed by atoms with Gasteiger partial charge in [0.15, 0.2) is 0 Å². The average molecular weight is 248 g/mol. The number of pyridine rings is 1. The fraction of sp³-hybridized carbons (Fsp3) is 0.364. The van der Waals surface area contributed by atoms with Gasteiger partial charge in [0.25, 0.3) is 0 Å². The van der Waals surface area contributed by atoms with E-state index in [2.05, 4.69) is 10.3 Å². The fourth-order valence-corrected chi connectivity index (χ4v) is 2.03. The zero-order valence-electron chi connectivity index (χ0n) is 9.14. The summed E-state index contributed by atoms with van der Waals surface area (Å²) in [6, 6.07) is 3.94. The zero-order chi connectivity index (χ0) is 12.3. The molecule has 0 atom stereocenters. The molecule has 1 saturated carbocycles. The third-order valence-electron chi connectivity index (χ3n) is 2.28. The molecule has 1 aliphatic rings. The molecule has 0 saturated heterocycles. The second kappa shape index (κ2) is 5.06. The highest BCUT2D eigenvalue weighted by Crippen LogP contribution is 2.22. The highest BCUT2D eigenvalue weighted by molar-refractivity contribution is 7.99. The van der Waals surface area contributed by atoms with Crippen molar-refractivity contribution in [1.29, 1.82) is 5.26 Å². The van der Waals surface area contributed by atoms with Gasteiger partial charge in [-0.05, 0) is 18.9 Å². The molecule has 17 heavy (non-hydrogen) atoms. The Morgan fingerprint density at radius 1 is 1.71 bits per heavy atom. The van der Waals surface area contributed by atoms with Crippen molar-refractivity contribution in [2.45, 2.75) is 23.9 Å². The minimum atomic E-state index is -0.0139. The molecule has 5 nitrogen and oxygen atoms in total. The van der Waals surface area contributed by atoms with E-state index in [4.69, 9.17) is 11.0 Å². The van der Waals surface area contributed by atoms with Crippen molar-refractivity contribution < 1.29 is 4.79 Å². The minimum absolute atomic E-state index is 0.0139. The molecule has 3 N–H and O–H groups in total. The van der Waals surface area contributed by atoms with Crippen LogP contribution in [0.4, 0.5) is 5.69 Å². The lowest BCUT2D eigenvalue weighted by molar-refractivity contribution is -0.118. The Kier molecular flexibility index (Phi) is 3.49. The van der Waals surface area contributed by atoms with E-state index >= 15 is 0 Å². The van der Waals surface area contributed by atoms with Crippen LogP contribution in [0.15, 0.2) is 17.3 Å². The van der Waals surface area contributed by atoms with Gasteiger partial charge in [0.2, 0.25) is 5.91 Å². The van der Waals surface area contributed by atoms with E-state index in [9.17, 15) is 4.79 Å². The van der Waals surface area contributed by atoms with E-state index < -0.39 is 0 Å². The summed E-state index contributed by atoms with van der Waals surface area (Å²) >= 11 is 1.26. The van der Waals surface area contributed by atoms with Crippen LogP contribution in [-0.4, -0.2) is 22.7 Å². The number of hydrogen-bond donors (Lipinski definition) is 2. The van der Waals surface area contributed by atoms with Crippen molar-refractivity contribution >= 4 is 23.4 Å². The van der Waals surface area contributed by atoms with Gasteiger partial charge in [-0.25, -0.2) is 4.98 Å². The lowest BCUT2D eigenvalue weighted by atomic mass is 10.3. The SMILES string of the molecule is N#Cc1cc(N)cnc1SCC(=O)NC1CC1. The molecule has 1 amide bonds. The van der Waals surface area contributed by atoms with Gasteiger partial charge in [0.05, 0.1) is 23.2 Å². The van der Waals surface area contributed by atoms with Gasteiger partial charge in [-0.2, -0.15) is 5.26 Å². The molecule has 2 rings (SSSR count). The molecule has 1 fully saturated rings. The first-order valence-electron chi connectivity index (χ1n) is 5.27. The number of aromatic nitrogens is 1. The number of nitriles is 1. The fourth-order valence-electron chi connectivity index (χ4n) is 1.29. The number of hydrogen-bond acceptors (Lipinski definition) is 5. The van der Waals surface area contributed by atoms with Gasteiger partial charge >= 0.3 is 0 Å². The lowest BCUT2D eigenvalue weighted by Crippen LogP contribution is -2.27. The Morgan fingerprint density at radius 3 is 3.12 bits per heavy atom. The van der Waals surface area contributed by atoms with Crippen LogP contribution in [0.1, 0.15) is 18.4 Å². The molecule has 0 bridgehead atoms. The van der Waals surface area contributed by atoms with E-state index in [1.54, 1.807) is 6.07 Å². The first kappa shape index (κ1) is 11.7.